The Bertz CT molecular complexity index is 190. The first kappa shape index (κ1) is 11.2. The lowest BCUT2D eigenvalue weighted by Crippen LogP contribution is -2.57. The van der Waals surface area contributed by atoms with Gasteiger partial charge >= 0.3 is 0 Å². The average molecular weight is 201 g/mol. The van der Waals surface area contributed by atoms with Gasteiger partial charge in [-0.3, -0.25) is 4.99 Å². The van der Waals surface area contributed by atoms with Gasteiger partial charge in [-0.1, -0.05) is 6.92 Å². The molecule has 6 nitrogen and oxygen atoms in total. The fourth-order valence-electron chi connectivity index (χ4n) is 1.21. The number of hydrogen-bond donors (Lipinski definition) is 2. The van der Waals surface area contributed by atoms with E-state index in [9.17, 15) is 0 Å². The third-order valence-electron chi connectivity index (χ3n) is 2.02. The monoisotopic (exact) mass is 201 g/mol. The van der Waals surface area contributed by atoms with Crippen LogP contribution in [0.3, 0.4) is 0 Å². The van der Waals surface area contributed by atoms with Crippen molar-refractivity contribution >= 4 is 5.96 Å². The van der Waals surface area contributed by atoms with E-state index >= 15 is 0 Å². The van der Waals surface area contributed by atoms with E-state index in [0.29, 0.717) is 25.7 Å². The van der Waals surface area contributed by atoms with Crippen LogP contribution in [0.15, 0.2) is 4.99 Å². The predicted molar refractivity (Wildman–Crippen MR) is 55.2 cm³/mol. The molecule has 0 unspecified atom stereocenters. The van der Waals surface area contributed by atoms with E-state index in [-0.39, 0.29) is 0 Å². The Labute approximate surface area is 84.4 Å². The summed E-state index contributed by atoms with van der Waals surface area (Å²) in [5.74, 6) is 6.15. The highest BCUT2D eigenvalue weighted by atomic mass is 16.5. The van der Waals surface area contributed by atoms with Crippen LogP contribution in [-0.4, -0.2) is 48.9 Å². The normalized spacial score (nSPS) is 19.7. The van der Waals surface area contributed by atoms with Gasteiger partial charge in [0.1, 0.15) is 0 Å². The first-order valence-corrected chi connectivity index (χ1v) is 4.93. The van der Waals surface area contributed by atoms with Crippen LogP contribution >= 0.6 is 0 Å². The standard InChI is InChI=1S/C8H19N5O/c1-2-3-11-8(9)13(10)12-4-6-14-7-5-12/h2-7,10H2,1H3,(H2,9,11). The molecule has 0 saturated carbocycles. The number of guanidine groups is 1. The van der Waals surface area contributed by atoms with Crippen molar-refractivity contribution < 1.29 is 4.74 Å². The Morgan fingerprint density at radius 1 is 1.50 bits per heavy atom. The second-order valence-corrected chi connectivity index (χ2v) is 3.15. The zero-order chi connectivity index (χ0) is 10.4. The third-order valence-corrected chi connectivity index (χ3v) is 2.02. The summed E-state index contributed by atoms with van der Waals surface area (Å²) in [7, 11) is 0. The van der Waals surface area contributed by atoms with Crippen LogP contribution in [-0.2, 0) is 4.74 Å². The summed E-state index contributed by atoms with van der Waals surface area (Å²) >= 11 is 0. The molecule has 0 aromatic carbocycles. The number of aliphatic imine (C=N–C) groups is 1. The minimum Gasteiger partial charge on any atom is -0.379 e. The highest BCUT2D eigenvalue weighted by molar-refractivity contribution is 5.76. The molecule has 0 amide bonds. The number of morpholine rings is 1. The van der Waals surface area contributed by atoms with Crippen molar-refractivity contribution in [2.75, 3.05) is 32.8 Å². The molecule has 1 saturated heterocycles. The lowest BCUT2D eigenvalue weighted by atomic mass is 10.5. The fraction of sp³-hybridized carbons (Fsp3) is 0.875. The minimum atomic E-state index is 0.369. The Morgan fingerprint density at radius 3 is 2.71 bits per heavy atom. The van der Waals surface area contributed by atoms with Crippen LogP contribution < -0.4 is 11.6 Å². The average Bonchev–Trinajstić information content (AvgIpc) is 2.26. The lowest BCUT2D eigenvalue weighted by molar-refractivity contribution is -0.0518. The van der Waals surface area contributed by atoms with Gasteiger partial charge in [0.05, 0.1) is 13.2 Å². The quantitative estimate of drug-likeness (QED) is 0.269. The van der Waals surface area contributed by atoms with Crippen LogP contribution in [0.4, 0.5) is 0 Å². The molecule has 1 rings (SSSR count). The molecular formula is C8H19N5O. The van der Waals surface area contributed by atoms with Gasteiger partial charge in [0, 0.05) is 19.6 Å². The summed E-state index contributed by atoms with van der Waals surface area (Å²) in [4.78, 5) is 4.13. The molecule has 1 heterocycles. The highest BCUT2D eigenvalue weighted by Crippen LogP contribution is 1.98. The van der Waals surface area contributed by atoms with Gasteiger partial charge in [0.15, 0.2) is 0 Å². The molecular weight excluding hydrogens is 182 g/mol. The molecule has 1 aliphatic heterocycles. The zero-order valence-electron chi connectivity index (χ0n) is 8.65. The van der Waals surface area contributed by atoms with Crippen molar-refractivity contribution in [1.29, 1.82) is 0 Å². The topological polar surface area (TPSA) is 80.1 Å². The van der Waals surface area contributed by atoms with Gasteiger partial charge in [-0.2, -0.15) is 5.01 Å². The molecule has 1 fully saturated rings. The summed E-state index contributed by atoms with van der Waals surface area (Å²) in [6.45, 7) is 5.66. The van der Waals surface area contributed by atoms with Crippen molar-refractivity contribution in [2.24, 2.45) is 16.6 Å². The molecule has 6 heteroatoms. The number of hydrogen-bond acceptors (Lipinski definition) is 4. The maximum atomic E-state index is 5.78. The summed E-state index contributed by atoms with van der Waals surface area (Å²) in [6.07, 6.45) is 0.970. The van der Waals surface area contributed by atoms with Crippen molar-refractivity contribution in [3.05, 3.63) is 0 Å². The first-order chi connectivity index (χ1) is 6.75. The first-order valence-electron chi connectivity index (χ1n) is 4.93. The van der Waals surface area contributed by atoms with Crippen LogP contribution in [0.2, 0.25) is 0 Å². The second kappa shape index (κ2) is 5.79. The maximum absolute atomic E-state index is 5.78. The molecule has 1 aliphatic rings. The van der Waals surface area contributed by atoms with Gasteiger partial charge < -0.3 is 10.5 Å². The minimum absolute atomic E-state index is 0.369. The van der Waals surface area contributed by atoms with E-state index < -0.39 is 0 Å². The fourth-order valence-corrected chi connectivity index (χ4v) is 1.21. The van der Waals surface area contributed by atoms with Crippen molar-refractivity contribution in [3.8, 4) is 0 Å². The highest BCUT2D eigenvalue weighted by Gasteiger charge is 2.16. The molecule has 0 aliphatic carbocycles. The molecule has 0 aromatic rings. The van der Waals surface area contributed by atoms with E-state index in [4.69, 9.17) is 16.3 Å². The molecule has 14 heavy (non-hydrogen) atoms. The van der Waals surface area contributed by atoms with E-state index in [2.05, 4.69) is 4.99 Å². The van der Waals surface area contributed by atoms with E-state index in [1.165, 1.54) is 5.12 Å². The summed E-state index contributed by atoms with van der Waals surface area (Å²) in [5, 5.41) is 3.34. The number of ether oxygens (including phenoxy) is 1. The van der Waals surface area contributed by atoms with Crippen molar-refractivity contribution in [2.45, 2.75) is 13.3 Å². The zero-order valence-corrected chi connectivity index (χ0v) is 8.65. The largest absolute Gasteiger partial charge is 0.379 e. The van der Waals surface area contributed by atoms with Gasteiger partial charge in [-0.25, -0.2) is 11.0 Å². The number of nitrogens with zero attached hydrogens (tertiary/aromatic N) is 3. The maximum Gasteiger partial charge on any atom is 0.221 e. The number of nitrogens with two attached hydrogens (primary N) is 2. The Morgan fingerprint density at radius 2 is 2.14 bits per heavy atom. The van der Waals surface area contributed by atoms with Crippen LogP contribution in [0.5, 0.6) is 0 Å². The number of hydrazine groups is 2. The van der Waals surface area contributed by atoms with E-state index in [1.54, 1.807) is 0 Å². The summed E-state index contributed by atoms with van der Waals surface area (Å²) in [5.41, 5.74) is 5.70. The molecule has 0 aromatic heterocycles. The summed E-state index contributed by atoms with van der Waals surface area (Å²) in [6, 6.07) is 0. The Balaban J connectivity index is 2.41. The molecule has 0 bridgehead atoms. The summed E-state index contributed by atoms with van der Waals surface area (Å²) < 4.78 is 5.21. The molecule has 82 valence electrons. The van der Waals surface area contributed by atoms with E-state index in [1.807, 2.05) is 11.9 Å². The molecule has 0 spiro atoms. The molecule has 0 radical (unpaired) electrons. The second-order valence-electron chi connectivity index (χ2n) is 3.15. The van der Waals surface area contributed by atoms with Gasteiger partial charge in [-0.15, -0.1) is 0 Å². The van der Waals surface area contributed by atoms with Crippen molar-refractivity contribution in [1.82, 2.24) is 10.1 Å². The molecule has 0 atom stereocenters. The van der Waals surface area contributed by atoms with Crippen LogP contribution in [0, 0.1) is 0 Å². The third kappa shape index (κ3) is 3.13. The lowest BCUT2D eigenvalue weighted by Gasteiger charge is -2.34. The van der Waals surface area contributed by atoms with E-state index in [0.717, 1.165) is 19.5 Å². The smallest absolute Gasteiger partial charge is 0.221 e. The van der Waals surface area contributed by atoms with Crippen LogP contribution in [0.1, 0.15) is 13.3 Å². The van der Waals surface area contributed by atoms with Gasteiger partial charge in [-0.05, 0) is 6.42 Å². The van der Waals surface area contributed by atoms with Crippen molar-refractivity contribution in [3.63, 3.8) is 0 Å². The van der Waals surface area contributed by atoms with Gasteiger partial charge in [0.2, 0.25) is 5.96 Å². The SMILES string of the molecule is CCCN=C(N)N(N)N1CCOCC1. The Kier molecular flexibility index (Phi) is 4.64. The van der Waals surface area contributed by atoms with Gasteiger partial charge in [0.25, 0.3) is 0 Å². The van der Waals surface area contributed by atoms with Crippen LogP contribution in [0.25, 0.3) is 0 Å². The Hall–Kier alpha value is -0.850. The molecule has 4 N–H and O–H groups in total. The number of rotatable bonds is 3. The predicted octanol–water partition coefficient (Wildman–Crippen LogP) is -0.866.